The lowest BCUT2D eigenvalue weighted by Gasteiger charge is -2.00. The molecule has 0 spiro atoms. The smallest absolute Gasteiger partial charge is 0.307 e. The largest absolute Gasteiger partial charge is 0.481 e. The van der Waals surface area contributed by atoms with Crippen molar-refractivity contribution in [1.82, 2.24) is 0 Å². The monoisotopic (exact) mass is 258 g/mol. The molecule has 1 N–H and O–H groups in total. The zero-order chi connectivity index (χ0) is 11.1. The highest BCUT2D eigenvalue weighted by atomic mass is 79.9. The van der Waals surface area contributed by atoms with Crippen molar-refractivity contribution in [3.8, 4) is 0 Å². The molecule has 3 heteroatoms. The second-order valence-corrected chi connectivity index (χ2v) is 3.62. The maximum absolute atomic E-state index is 10.4. The average Bonchev–Trinajstić information content (AvgIpc) is 2.04. The molecule has 2 nitrogen and oxygen atoms in total. The van der Waals surface area contributed by atoms with Gasteiger partial charge in [0.25, 0.3) is 0 Å². The van der Waals surface area contributed by atoms with Gasteiger partial charge in [-0.05, 0) is 30.2 Å². The molecular weight excluding hydrogens is 244 g/mol. The summed E-state index contributed by atoms with van der Waals surface area (Å²) in [5.41, 5.74) is 1.90. The first kappa shape index (κ1) is 13.2. The molecule has 0 amide bonds. The topological polar surface area (TPSA) is 37.3 Å². The van der Waals surface area contributed by atoms with Crippen molar-refractivity contribution in [2.24, 2.45) is 0 Å². The van der Waals surface area contributed by atoms with Gasteiger partial charge in [-0.3, -0.25) is 4.79 Å². The molecule has 0 atom stereocenters. The molecule has 0 aliphatic carbocycles. The lowest BCUT2D eigenvalue weighted by molar-refractivity contribution is -0.136. The van der Waals surface area contributed by atoms with Gasteiger partial charge in [0, 0.05) is 4.47 Å². The molecule has 0 aromatic heterocycles. The Bertz CT molecular complexity index is 288. The van der Waals surface area contributed by atoms with E-state index in [2.05, 4.69) is 15.9 Å². The Balaban J connectivity index is 0.000000791. The summed E-state index contributed by atoms with van der Waals surface area (Å²) in [4.78, 5) is 10.4. The summed E-state index contributed by atoms with van der Waals surface area (Å²) in [7, 11) is 0. The number of hydrogen-bond donors (Lipinski definition) is 1. The van der Waals surface area contributed by atoms with Crippen LogP contribution in [0.15, 0.2) is 22.7 Å². The zero-order valence-electron chi connectivity index (χ0n) is 8.67. The number of aliphatic carboxylic acids is 1. The van der Waals surface area contributed by atoms with Crippen LogP contribution in [0.5, 0.6) is 0 Å². The van der Waals surface area contributed by atoms with Gasteiger partial charge in [0.15, 0.2) is 0 Å². The van der Waals surface area contributed by atoms with Crippen molar-refractivity contribution in [1.29, 1.82) is 0 Å². The second-order valence-electron chi connectivity index (χ2n) is 2.71. The third-order valence-corrected chi connectivity index (χ3v) is 1.92. The van der Waals surface area contributed by atoms with Crippen molar-refractivity contribution in [3.05, 3.63) is 33.8 Å². The van der Waals surface area contributed by atoms with E-state index in [0.717, 1.165) is 15.6 Å². The summed E-state index contributed by atoms with van der Waals surface area (Å²) in [6.45, 7) is 5.94. The molecule has 1 rings (SSSR count). The van der Waals surface area contributed by atoms with E-state index in [4.69, 9.17) is 5.11 Å². The molecular formula is C11H15BrO2. The fourth-order valence-corrected chi connectivity index (χ4v) is 1.74. The Morgan fingerprint density at radius 2 is 1.93 bits per heavy atom. The molecule has 14 heavy (non-hydrogen) atoms. The van der Waals surface area contributed by atoms with Gasteiger partial charge in [-0.25, -0.2) is 0 Å². The SMILES string of the molecule is CC.Cc1cc(Br)cc(CC(=O)O)c1. The van der Waals surface area contributed by atoms with E-state index in [1.165, 1.54) is 0 Å². The average molecular weight is 259 g/mol. The molecule has 0 saturated carbocycles. The van der Waals surface area contributed by atoms with Crippen molar-refractivity contribution in [2.45, 2.75) is 27.2 Å². The highest BCUT2D eigenvalue weighted by molar-refractivity contribution is 9.10. The first-order valence-corrected chi connectivity index (χ1v) is 5.35. The third-order valence-electron chi connectivity index (χ3n) is 1.46. The predicted molar refractivity (Wildman–Crippen MR) is 61.6 cm³/mol. The van der Waals surface area contributed by atoms with Crippen LogP contribution in [0.2, 0.25) is 0 Å². The predicted octanol–water partition coefficient (Wildman–Crippen LogP) is 3.41. The van der Waals surface area contributed by atoms with Gasteiger partial charge >= 0.3 is 5.97 Å². The van der Waals surface area contributed by atoms with E-state index in [0.29, 0.717) is 0 Å². The fourth-order valence-electron chi connectivity index (χ4n) is 1.09. The molecule has 0 saturated heterocycles. The van der Waals surface area contributed by atoms with Crippen LogP contribution in [-0.2, 0) is 11.2 Å². The molecule has 0 fully saturated rings. The number of carbonyl (C=O) groups is 1. The highest BCUT2D eigenvalue weighted by Crippen LogP contribution is 2.15. The number of carboxylic acid groups (broad SMARTS) is 1. The first-order valence-electron chi connectivity index (χ1n) is 4.56. The van der Waals surface area contributed by atoms with Crippen LogP contribution in [0.4, 0.5) is 0 Å². The number of halogens is 1. The Labute approximate surface area is 93.1 Å². The molecule has 0 aliphatic rings. The third kappa shape index (κ3) is 5.02. The standard InChI is InChI=1S/C9H9BrO2.C2H6/c1-6-2-7(5-9(11)12)4-8(10)3-6;1-2/h2-4H,5H2,1H3,(H,11,12);1-2H3. The number of carboxylic acids is 1. The van der Waals surface area contributed by atoms with Crippen molar-refractivity contribution in [3.63, 3.8) is 0 Å². The molecule has 0 unspecified atom stereocenters. The van der Waals surface area contributed by atoms with E-state index in [1.54, 1.807) is 0 Å². The lowest BCUT2D eigenvalue weighted by atomic mass is 10.1. The summed E-state index contributed by atoms with van der Waals surface area (Å²) in [5, 5.41) is 8.53. The maximum Gasteiger partial charge on any atom is 0.307 e. The van der Waals surface area contributed by atoms with E-state index in [9.17, 15) is 4.79 Å². The van der Waals surface area contributed by atoms with Crippen LogP contribution >= 0.6 is 15.9 Å². The van der Waals surface area contributed by atoms with Crippen molar-refractivity contribution in [2.75, 3.05) is 0 Å². The maximum atomic E-state index is 10.4. The Morgan fingerprint density at radius 1 is 1.36 bits per heavy atom. The van der Waals surface area contributed by atoms with Gasteiger partial charge in [0.05, 0.1) is 6.42 Å². The van der Waals surface area contributed by atoms with Gasteiger partial charge in [-0.2, -0.15) is 0 Å². The van der Waals surface area contributed by atoms with Crippen LogP contribution in [0, 0.1) is 6.92 Å². The number of benzene rings is 1. The van der Waals surface area contributed by atoms with Crippen molar-refractivity contribution >= 4 is 21.9 Å². The Morgan fingerprint density at radius 3 is 2.36 bits per heavy atom. The van der Waals surface area contributed by atoms with Crippen molar-refractivity contribution < 1.29 is 9.90 Å². The van der Waals surface area contributed by atoms with E-state index in [1.807, 2.05) is 39.0 Å². The molecule has 78 valence electrons. The van der Waals surface area contributed by atoms with Gasteiger partial charge in [-0.15, -0.1) is 0 Å². The van der Waals surface area contributed by atoms with E-state index >= 15 is 0 Å². The van der Waals surface area contributed by atoms with Crippen LogP contribution in [-0.4, -0.2) is 11.1 Å². The van der Waals surface area contributed by atoms with E-state index in [-0.39, 0.29) is 6.42 Å². The van der Waals surface area contributed by atoms with Crippen LogP contribution in [0.25, 0.3) is 0 Å². The quantitative estimate of drug-likeness (QED) is 0.883. The number of rotatable bonds is 2. The molecule has 0 radical (unpaired) electrons. The van der Waals surface area contributed by atoms with Gasteiger partial charge < -0.3 is 5.11 Å². The second kappa shape index (κ2) is 6.60. The fraction of sp³-hybridized carbons (Fsp3) is 0.364. The Kier molecular flexibility index (Phi) is 6.21. The number of aryl methyl sites for hydroxylation is 1. The molecule has 0 heterocycles. The molecule has 0 aliphatic heterocycles. The zero-order valence-corrected chi connectivity index (χ0v) is 10.3. The molecule has 1 aromatic rings. The minimum absolute atomic E-state index is 0.0836. The van der Waals surface area contributed by atoms with E-state index < -0.39 is 5.97 Å². The summed E-state index contributed by atoms with van der Waals surface area (Å²) in [6, 6.07) is 5.64. The normalized spacial score (nSPS) is 8.86. The van der Waals surface area contributed by atoms with Gasteiger partial charge in [0.1, 0.15) is 0 Å². The summed E-state index contributed by atoms with van der Waals surface area (Å²) < 4.78 is 0.929. The summed E-state index contributed by atoms with van der Waals surface area (Å²) in [6.07, 6.45) is 0.0836. The van der Waals surface area contributed by atoms with Gasteiger partial charge in [-0.1, -0.05) is 35.8 Å². The number of hydrogen-bond acceptors (Lipinski definition) is 1. The van der Waals surface area contributed by atoms with Crippen LogP contribution in [0.3, 0.4) is 0 Å². The highest BCUT2D eigenvalue weighted by Gasteiger charge is 2.01. The lowest BCUT2D eigenvalue weighted by Crippen LogP contribution is -1.99. The van der Waals surface area contributed by atoms with Crippen LogP contribution in [0.1, 0.15) is 25.0 Å². The molecule has 0 bridgehead atoms. The minimum Gasteiger partial charge on any atom is -0.481 e. The van der Waals surface area contributed by atoms with Crippen LogP contribution < -0.4 is 0 Å². The summed E-state index contributed by atoms with van der Waals surface area (Å²) >= 11 is 3.31. The first-order chi connectivity index (χ1) is 6.58. The van der Waals surface area contributed by atoms with Gasteiger partial charge in [0.2, 0.25) is 0 Å². The summed E-state index contributed by atoms with van der Waals surface area (Å²) in [5.74, 6) is -0.799. The molecule has 1 aromatic carbocycles. The Hall–Kier alpha value is -0.830. The minimum atomic E-state index is -0.799.